The van der Waals surface area contributed by atoms with E-state index in [0.717, 1.165) is 29.5 Å². The first-order chi connectivity index (χ1) is 16.6. The lowest BCUT2D eigenvalue weighted by molar-refractivity contribution is -0.121. The molecule has 0 saturated carbocycles. The Morgan fingerprint density at radius 2 is 2.00 bits per heavy atom. The van der Waals surface area contributed by atoms with Crippen LogP contribution in [0.5, 0.6) is 11.5 Å². The van der Waals surface area contributed by atoms with Crippen LogP contribution in [0.2, 0.25) is 0 Å². The fourth-order valence-electron chi connectivity index (χ4n) is 4.27. The van der Waals surface area contributed by atoms with Gasteiger partial charge in [-0.1, -0.05) is 21.4 Å². The molecular weight excluding hydrogens is 475 g/mol. The fraction of sp³-hybridized carbons (Fsp3) is 0.375. The largest absolute Gasteiger partial charge is 0.454 e. The molecule has 0 bridgehead atoms. The predicted molar refractivity (Wildman–Crippen MR) is 132 cm³/mol. The summed E-state index contributed by atoms with van der Waals surface area (Å²) in [6.07, 6.45) is 1.42. The van der Waals surface area contributed by atoms with Crippen molar-refractivity contribution in [3.8, 4) is 11.5 Å². The van der Waals surface area contributed by atoms with Crippen molar-refractivity contribution in [2.75, 3.05) is 32.0 Å². The van der Waals surface area contributed by atoms with Gasteiger partial charge in [-0.05, 0) is 43.1 Å². The van der Waals surface area contributed by atoms with Gasteiger partial charge in [0.2, 0.25) is 5.91 Å². The zero-order valence-electron chi connectivity index (χ0n) is 19.4. The minimum absolute atomic E-state index is 0.0414. The minimum Gasteiger partial charge on any atom is -0.454 e. The molecule has 0 spiro atoms. The van der Waals surface area contributed by atoms with E-state index in [9.17, 15) is 18.4 Å². The van der Waals surface area contributed by atoms with E-state index in [4.69, 9.17) is 10.1 Å². The van der Waals surface area contributed by atoms with Crippen LogP contribution in [0.25, 0.3) is 0 Å². The third-order valence-electron chi connectivity index (χ3n) is 6.03. The van der Waals surface area contributed by atoms with E-state index in [2.05, 4.69) is 24.8 Å². The van der Waals surface area contributed by atoms with Crippen LogP contribution in [0.15, 0.2) is 36.4 Å². The molecule has 186 valence electrons. The number of likely N-dealkylation sites (tertiary alicyclic amines) is 1. The zero-order valence-corrected chi connectivity index (χ0v) is 20.5. The van der Waals surface area contributed by atoms with Crippen molar-refractivity contribution < 1.29 is 23.1 Å². The number of piperidine rings is 1. The van der Waals surface area contributed by atoms with Gasteiger partial charge < -0.3 is 10.1 Å². The van der Waals surface area contributed by atoms with Crippen LogP contribution < -0.4 is 15.4 Å². The first-order valence-electron chi connectivity index (χ1n) is 11.3. The highest BCUT2D eigenvalue weighted by Gasteiger charge is 2.31. The van der Waals surface area contributed by atoms with E-state index in [1.807, 2.05) is 12.1 Å². The van der Waals surface area contributed by atoms with Crippen molar-refractivity contribution in [1.82, 2.24) is 15.1 Å². The number of carbonyl (C=O) groups is 2. The third-order valence-corrected chi connectivity index (χ3v) is 6.50. The number of nitrogens with one attached hydrogen (secondary N) is 3. The molecule has 8 nitrogen and oxygen atoms in total. The average Bonchev–Trinajstić information content (AvgIpc) is 2.80. The Morgan fingerprint density at radius 1 is 1.26 bits per heavy atom. The van der Waals surface area contributed by atoms with Crippen molar-refractivity contribution in [1.29, 1.82) is 5.41 Å². The van der Waals surface area contributed by atoms with Gasteiger partial charge in [0.05, 0.1) is 0 Å². The lowest BCUT2D eigenvalue weighted by atomic mass is 10.1. The Morgan fingerprint density at radius 3 is 2.66 bits per heavy atom. The highest BCUT2D eigenvalue weighted by atomic mass is 31.0. The molecule has 2 aliphatic rings. The summed E-state index contributed by atoms with van der Waals surface area (Å²) < 4.78 is 34.9. The van der Waals surface area contributed by atoms with E-state index in [0.29, 0.717) is 30.9 Å². The second-order valence-corrected chi connectivity index (χ2v) is 9.81. The molecule has 0 aliphatic carbocycles. The molecule has 2 aliphatic heterocycles. The number of amides is 3. The maximum absolute atomic E-state index is 14.9. The van der Waals surface area contributed by atoms with Crippen molar-refractivity contribution >= 4 is 32.7 Å². The SMILES string of the molecule is CNc1cc(Oc2ccc(CN3CCCC(F)(P)C3)cc2)c(F)cc1C(=N)N1CCC(=O)NC1=O. The molecule has 2 heterocycles. The topological polar surface area (TPSA) is 97.8 Å². The number of rotatable bonds is 6. The molecule has 2 unspecified atom stereocenters. The van der Waals surface area contributed by atoms with Gasteiger partial charge in [0.25, 0.3) is 0 Å². The Kier molecular flexibility index (Phi) is 7.33. The fourth-order valence-corrected chi connectivity index (χ4v) is 4.73. The zero-order chi connectivity index (χ0) is 25.2. The van der Waals surface area contributed by atoms with E-state index in [1.54, 1.807) is 19.2 Å². The number of amidine groups is 1. The van der Waals surface area contributed by atoms with Crippen LogP contribution in [0.4, 0.5) is 19.3 Å². The van der Waals surface area contributed by atoms with Gasteiger partial charge in [-0.15, -0.1) is 0 Å². The number of alkyl halides is 1. The molecule has 2 atom stereocenters. The normalized spacial score (nSPS) is 21.0. The molecule has 35 heavy (non-hydrogen) atoms. The van der Waals surface area contributed by atoms with E-state index >= 15 is 0 Å². The summed E-state index contributed by atoms with van der Waals surface area (Å²) in [5.74, 6) is -0.956. The number of hydrogen-bond acceptors (Lipinski definition) is 6. The molecule has 2 saturated heterocycles. The van der Waals surface area contributed by atoms with Crippen LogP contribution in [0.3, 0.4) is 0 Å². The van der Waals surface area contributed by atoms with Crippen LogP contribution in [-0.4, -0.2) is 59.7 Å². The minimum atomic E-state index is -1.25. The van der Waals surface area contributed by atoms with Crippen molar-refractivity contribution in [2.24, 2.45) is 0 Å². The van der Waals surface area contributed by atoms with Gasteiger partial charge in [0.1, 0.15) is 17.0 Å². The summed E-state index contributed by atoms with van der Waals surface area (Å²) in [5, 5.41) is 12.2. The Labute approximate surface area is 204 Å². The highest BCUT2D eigenvalue weighted by molar-refractivity contribution is 7.18. The lowest BCUT2D eigenvalue weighted by Crippen LogP contribution is -2.52. The first-order valence-corrected chi connectivity index (χ1v) is 11.9. The van der Waals surface area contributed by atoms with Gasteiger partial charge in [0, 0.05) is 50.4 Å². The summed E-state index contributed by atoms with van der Waals surface area (Å²) in [6, 6.07) is 9.03. The van der Waals surface area contributed by atoms with E-state index in [1.165, 1.54) is 6.07 Å². The number of carbonyl (C=O) groups excluding carboxylic acids is 2. The number of urea groups is 1. The third kappa shape index (κ3) is 5.94. The highest BCUT2D eigenvalue weighted by Crippen LogP contribution is 2.33. The summed E-state index contributed by atoms with van der Waals surface area (Å²) >= 11 is 0. The summed E-state index contributed by atoms with van der Waals surface area (Å²) in [6.45, 7) is 1.86. The van der Waals surface area contributed by atoms with Gasteiger partial charge in [-0.3, -0.25) is 25.3 Å². The molecule has 4 rings (SSSR count). The second-order valence-electron chi connectivity index (χ2n) is 8.78. The van der Waals surface area contributed by atoms with Crippen molar-refractivity contribution in [3.63, 3.8) is 0 Å². The Balaban J connectivity index is 1.46. The molecule has 3 amide bonds. The Bertz CT molecular complexity index is 1140. The summed E-state index contributed by atoms with van der Waals surface area (Å²) in [4.78, 5) is 26.6. The summed E-state index contributed by atoms with van der Waals surface area (Å²) in [7, 11) is 3.92. The number of benzene rings is 2. The quantitative estimate of drug-likeness (QED) is 0.314. The molecule has 0 aromatic heterocycles. The number of anilines is 1. The second kappa shape index (κ2) is 10.3. The molecule has 3 N–H and O–H groups in total. The van der Waals surface area contributed by atoms with Crippen LogP contribution >= 0.6 is 9.24 Å². The van der Waals surface area contributed by atoms with E-state index in [-0.39, 0.29) is 30.1 Å². The Hall–Kier alpha value is -3.10. The van der Waals surface area contributed by atoms with Gasteiger partial charge in [-0.25, -0.2) is 13.6 Å². The van der Waals surface area contributed by atoms with Crippen LogP contribution in [0, 0.1) is 11.2 Å². The maximum atomic E-state index is 14.9. The summed E-state index contributed by atoms with van der Waals surface area (Å²) in [5.41, 5.74) is 1.56. The molecule has 11 heteroatoms. The van der Waals surface area contributed by atoms with Crippen LogP contribution in [0.1, 0.15) is 30.4 Å². The smallest absolute Gasteiger partial charge is 0.329 e. The number of ether oxygens (including phenoxy) is 1. The van der Waals surface area contributed by atoms with Gasteiger partial charge in [0.15, 0.2) is 11.6 Å². The molecule has 2 aromatic carbocycles. The van der Waals surface area contributed by atoms with Gasteiger partial charge in [-0.2, -0.15) is 0 Å². The lowest BCUT2D eigenvalue weighted by Gasteiger charge is -2.34. The van der Waals surface area contributed by atoms with Crippen molar-refractivity contribution in [2.45, 2.75) is 31.2 Å². The molecule has 2 aromatic rings. The predicted octanol–water partition coefficient (Wildman–Crippen LogP) is 4.06. The van der Waals surface area contributed by atoms with Gasteiger partial charge >= 0.3 is 6.03 Å². The number of imide groups is 1. The maximum Gasteiger partial charge on any atom is 0.329 e. The number of halogens is 2. The van der Waals surface area contributed by atoms with Crippen molar-refractivity contribution in [3.05, 3.63) is 53.3 Å². The molecule has 0 radical (unpaired) electrons. The number of hydrogen-bond donors (Lipinski definition) is 3. The monoisotopic (exact) mass is 503 g/mol. The molecule has 2 fully saturated rings. The van der Waals surface area contributed by atoms with Crippen LogP contribution in [-0.2, 0) is 11.3 Å². The first kappa shape index (κ1) is 25.0. The standard InChI is InChI=1S/C24H28F2N5O3P/c1-28-19-12-20(18(25)11-17(19)22(27)31-10-7-21(32)29-23(31)33)34-16-5-3-15(4-6-16)13-30-9-2-8-24(26,35)14-30/h3-6,11-12,27-28H,2,7-10,13-14,35H2,1H3,(H,29,32,33). The molecular formula is C24H28F2N5O3P. The average molecular weight is 503 g/mol. The van der Waals surface area contributed by atoms with E-state index < -0.39 is 23.2 Å². The number of nitrogens with zero attached hydrogens (tertiary/aromatic N) is 2.